The number of likely N-dealkylation sites (tertiary alicyclic amines) is 1. The van der Waals surface area contributed by atoms with Gasteiger partial charge in [-0.25, -0.2) is 9.67 Å². The van der Waals surface area contributed by atoms with Crippen molar-refractivity contribution in [2.75, 3.05) is 19.6 Å². The molecule has 19 heavy (non-hydrogen) atoms. The molecule has 1 saturated heterocycles. The topological polar surface area (TPSA) is 34.0 Å². The molecule has 1 aromatic rings. The fourth-order valence-corrected chi connectivity index (χ4v) is 2.63. The first kappa shape index (κ1) is 14.5. The van der Waals surface area contributed by atoms with Crippen molar-refractivity contribution in [3.8, 4) is 0 Å². The monoisotopic (exact) mass is 264 g/mol. The fourth-order valence-electron chi connectivity index (χ4n) is 2.63. The Labute approximate surface area is 117 Å². The van der Waals surface area contributed by atoms with Crippen molar-refractivity contribution in [3.63, 3.8) is 0 Å². The Kier molecular flexibility index (Phi) is 4.97. The van der Waals surface area contributed by atoms with Crippen molar-refractivity contribution < 1.29 is 0 Å². The molecule has 0 aromatic carbocycles. The van der Waals surface area contributed by atoms with E-state index in [0.29, 0.717) is 11.8 Å². The molecule has 4 heteroatoms. The molecule has 1 aliphatic rings. The number of nitrogens with zero attached hydrogens (tertiary/aromatic N) is 4. The molecular formula is C15H28N4. The van der Waals surface area contributed by atoms with Crippen LogP contribution in [0.1, 0.15) is 70.4 Å². The molecule has 108 valence electrons. The van der Waals surface area contributed by atoms with Crippen LogP contribution in [0.15, 0.2) is 0 Å². The van der Waals surface area contributed by atoms with Gasteiger partial charge in [0, 0.05) is 18.4 Å². The highest BCUT2D eigenvalue weighted by Gasteiger charge is 2.16. The Morgan fingerprint density at radius 2 is 1.63 bits per heavy atom. The van der Waals surface area contributed by atoms with Gasteiger partial charge in [0.05, 0.1) is 6.54 Å². The minimum atomic E-state index is 0.411. The van der Waals surface area contributed by atoms with E-state index in [1.54, 1.807) is 0 Å². The molecule has 0 saturated carbocycles. The minimum absolute atomic E-state index is 0.411. The van der Waals surface area contributed by atoms with Gasteiger partial charge in [0.2, 0.25) is 0 Å². The molecule has 0 amide bonds. The van der Waals surface area contributed by atoms with Gasteiger partial charge in [-0.05, 0) is 25.9 Å². The lowest BCUT2D eigenvalue weighted by molar-refractivity contribution is 0.216. The second-order valence-corrected chi connectivity index (χ2v) is 6.26. The highest BCUT2D eigenvalue weighted by Crippen LogP contribution is 2.17. The van der Waals surface area contributed by atoms with Gasteiger partial charge >= 0.3 is 0 Å². The molecule has 0 unspecified atom stereocenters. The number of rotatable bonds is 5. The average molecular weight is 264 g/mol. The second kappa shape index (κ2) is 6.51. The summed E-state index contributed by atoms with van der Waals surface area (Å²) in [5, 5.41) is 4.69. The number of piperidine rings is 1. The van der Waals surface area contributed by atoms with Crippen LogP contribution in [0.3, 0.4) is 0 Å². The van der Waals surface area contributed by atoms with Crippen molar-refractivity contribution in [3.05, 3.63) is 11.6 Å². The molecule has 0 radical (unpaired) electrons. The largest absolute Gasteiger partial charge is 0.301 e. The van der Waals surface area contributed by atoms with Gasteiger partial charge in [0.1, 0.15) is 5.82 Å². The Hall–Kier alpha value is -0.900. The maximum absolute atomic E-state index is 4.71. The summed E-state index contributed by atoms with van der Waals surface area (Å²) in [5.41, 5.74) is 0. The number of hydrogen-bond acceptors (Lipinski definition) is 3. The van der Waals surface area contributed by atoms with E-state index in [9.17, 15) is 0 Å². The quantitative estimate of drug-likeness (QED) is 0.820. The summed E-state index contributed by atoms with van der Waals surface area (Å²) in [6.07, 6.45) is 4.10. The van der Waals surface area contributed by atoms with Crippen molar-refractivity contribution in [2.45, 2.75) is 65.3 Å². The molecule has 0 spiro atoms. The summed E-state index contributed by atoms with van der Waals surface area (Å²) < 4.78 is 2.13. The van der Waals surface area contributed by atoms with E-state index < -0.39 is 0 Å². The normalized spacial score (nSPS) is 17.6. The predicted molar refractivity (Wildman–Crippen MR) is 78.5 cm³/mol. The Balaban J connectivity index is 2.01. The zero-order valence-electron chi connectivity index (χ0n) is 12.9. The van der Waals surface area contributed by atoms with Gasteiger partial charge in [-0.3, -0.25) is 0 Å². The highest BCUT2D eigenvalue weighted by molar-refractivity contribution is 5.01. The standard InChI is InChI=1S/C15H28N4/c1-12(2)14-16-15(13(3)4)19(17-14)11-10-18-8-6-5-7-9-18/h12-13H,5-11H2,1-4H3. The van der Waals surface area contributed by atoms with Crippen LogP contribution < -0.4 is 0 Å². The van der Waals surface area contributed by atoms with Crippen LogP contribution in [0, 0.1) is 0 Å². The van der Waals surface area contributed by atoms with E-state index >= 15 is 0 Å². The molecule has 0 bridgehead atoms. The summed E-state index contributed by atoms with van der Waals surface area (Å²) in [7, 11) is 0. The zero-order valence-corrected chi connectivity index (χ0v) is 12.9. The van der Waals surface area contributed by atoms with Crippen molar-refractivity contribution in [1.82, 2.24) is 19.7 Å². The van der Waals surface area contributed by atoms with Gasteiger partial charge in [-0.1, -0.05) is 34.1 Å². The SMILES string of the molecule is CC(C)c1nc(C(C)C)n(CCN2CCCCC2)n1. The smallest absolute Gasteiger partial charge is 0.153 e. The number of hydrogen-bond donors (Lipinski definition) is 0. The van der Waals surface area contributed by atoms with Crippen LogP contribution in [0.25, 0.3) is 0 Å². The van der Waals surface area contributed by atoms with Gasteiger partial charge in [-0.15, -0.1) is 0 Å². The summed E-state index contributed by atoms with van der Waals surface area (Å²) in [6.45, 7) is 13.3. The van der Waals surface area contributed by atoms with E-state index in [4.69, 9.17) is 10.1 Å². The summed E-state index contributed by atoms with van der Waals surface area (Å²) in [5.74, 6) is 2.98. The van der Waals surface area contributed by atoms with Crippen LogP contribution >= 0.6 is 0 Å². The Bertz CT molecular complexity index is 389. The van der Waals surface area contributed by atoms with Crippen molar-refractivity contribution >= 4 is 0 Å². The fraction of sp³-hybridized carbons (Fsp3) is 0.867. The summed E-state index contributed by atoms with van der Waals surface area (Å²) in [4.78, 5) is 7.27. The van der Waals surface area contributed by atoms with Crippen LogP contribution in [0.2, 0.25) is 0 Å². The van der Waals surface area contributed by atoms with E-state index in [1.807, 2.05) is 0 Å². The lowest BCUT2D eigenvalue weighted by Crippen LogP contribution is -2.33. The van der Waals surface area contributed by atoms with E-state index in [-0.39, 0.29) is 0 Å². The molecule has 0 N–H and O–H groups in total. The Morgan fingerprint density at radius 3 is 2.21 bits per heavy atom. The lowest BCUT2D eigenvalue weighted by atomic mass is 10.1. The summed E-state index contributed by atoms with van der Waals surface area (Å²) in [6, 6.07) is 0. The van der Waals surface area contributed by atoms with Crippen LogP contribution in [-0.2, 0) is 6.54 Å². The van der Waals surface area contributed by atoms with Crippen LogP contribution in [0.4, 0.5) is 0 Å². The van der Waals surface area contributed by atoms with Crippen molar-refractivity contribution in [2.24, 2.45) is 0 Å². The van der Waals surface area contributed by atoms with Gasteiger partial charge < -0.3 is 4.90 Å². The molecule has 4 nitrogen and oxygen atoms in total. The lowest BCUT2D eigenvalue weighted by Gasteiger charge is -2.26. The highest BCUT2D eigenvalue weighted by atomic mass is 15.4. The van der Waals surface area contributed by atoms with Gasteiger partial charge in [0.15, 0.2) is 5.82 Å². The maximum atomic E-state index is 4.71. The average Bonchev–Trinajstić information content (AvgIpc) is 2.82. The first-order valence-electron chi connectivity index (χ1n) is 7.75. The van der Waals surface area contributed by atoms with E-state index in [0.717, 1.165) is 24.7 Å². The first-order valence-corrected chi connectivity index (χ1v) is 7.75. The first-order chi connectivity index (χ1) is 9.08. The Morgan fingerprint density at radius 1 is 0.947 bits per heavy atom. The zero-order chi connectivity index (χ0) is 13.8. The molecule has 1 fully saturated rings. The maximum Gasteiger partial charge on any atom is 0.153 e. The molecule has 1 aliphatic heterocycles. The van der Waals surface area contributed by atoms with E-state index in [2.05, 4.69) is 37.3 Å². The molecule has 2 rings (SSSR count). The van der Waals surface area contributed by atoms with Gasteiger partial charge in [0.25, 0.3) is 0 Å². The molecule has 0 atom stereocenters. The third-order valence-corrected chi connectivity index (χ3v) is 3.83. The van der Waals surface area contributed by atoms with Crippen molar-refractivity contribution in [1.29, 1.82) is 0 Å². The third-order valence-electron chi connectivity index (χ3n) is 3.83. The van der Waals surface area contributed by atoms with Crippen LogP contribution in [-0.4, -0.2) is 39.3 Å². The molecular weight excluding hydrogens is 236 g/mol. The number of aromatic nitrogens is 3. The molecule has 0 aliphatic carbocycles. The van der Waals surface area contributed by atoms with E-state index in [1.165, 1.54) is 32.4 Å². The molecule has 1 aromatic heterocycles. The second-order valence-electron chi connectivity index (χ2n) is 6.26. The minimum Gasteiger partial charge on any atom is -0.301 e. The van der Waals surface area contributed by atoms with Crippen LogP contribution in [0.5, 0.6) is 0 Å². The summed E-state index contributed by atoms with van der Waals surface area (Å²) >= 11 is 0. The predicted octanol–water partition coefficient (Wildman–Crippen LogP) is 3.01. The third kappa shape index (κ3) is 3.78. The molecule has 2 heterocycles. The van der Waals surface area contributed by atoms with Gasteiger partial charge in [-0.2, -0.15) is 5.10 Å².